The van der Waals surface area contributed by atoms with Crippen LogP contribution in [-0.4, -0.2) is 44.7 Å². The molecule has 3 N–H and O–H groups in total. The van der Waals surface area contributed by atoms with E-state index in [2.05, 4.69) is 22.2 Å². The van der Waals surface area contributed by atoms with Crippen molar-refractivity contribution in [3.05, 3.63) is 102 Å². The molecule has 224 valence electrons. The molecule has 2 unspecified atom stereocenters. The molecule has 3 aromatic carbocycles. The fourth-order valence-electron chi connectivity index (χ4n) is 4.71. The topological polar surface area (TPSA) is 122 Å². The number of aliphatic carboxylic acids is 1. The van der Waals surface area contributed by atoms with Gasteiger partial charge < -0.3 is 20.3 Å². The minimum absolute atomic E-state index is 0.0820. The van der Waals surface area contributed by atoms with Crippen molar-refractivity contribution in [3.8, 4) is 28.3 Å². The summed E-state index contributed by atoms with van der Waals surface area (Å²) in [6.45, 7) is 2.95. The molecule has 8 heteroatoms. The fourth-order valence-corrected chi connectivity index (χ4v) is 4.71. The smallest absolute Gasteiger partial charge is 0.329 e. The molecule has 2 atom stereocenters. The molecule has 8 nitrogen and oxygen atoms in total. The molecule has 0 spiro atoms. The molecule has 0 aliphatic carbocycles. The Labute approximate surface area is 252 Å². The number of carboxylic acids is 1. The molecule has 1 amide bonds. The number of hydrogen-bond donors (Lipinski definition) is 3. The molecular formula is C35H39N3O5. The highest BCUT2D eigenvalue weighted by atomic mass is 16.5. The van der Waals surface area contributed by atoms with Gasteiger partial charge in [0.2, 0.25) is 5.91 Å². The van der Waals surface area contributed by atoms with E-state index in [0.29, 0.717) is 17.8 Å². The number of aromatic nitrogens is 2. The van der Waals surface area contributed by atoms with Crippen LogP contribution in [0.4, 0.5) is 0 Å². The Morgan fingerprint density at radius 2 is 1.47 bits per heavy atom. The Bertz CT molecular complexity index is 1430. The fraction of sp³-hybridized carbons (Fsp3) is 0.314. The Morgan fingerprint density at radius 3 is 2.12 bits per heavy atom. The molecule has 0 radical (unpaired) electrons. The highest BCUT2D eigenvalue weighted by Gasteiger charge is 2.29. The first-order valence-electron chi connectivity index (χ1n) is 14.8. The lowest BCUT2D eigenvalue weighted by Crippen LogP contribution is -2.45. The number of unbranched alkanes of at least 4 members (excludes halogenated alkanes) is 4. The average Bonchev–Trinajstić information content (AvgIpc) is 3.05. The summed E-state index contributed by atoms with van der Waals surface area (Å²) in [4.78, 5) is 33.3. The van der Waals surface area contributed by atoms with Crippen LogP contribution in [0.3, 0.4) is 0 Å². The number of carbonyl (C=O) groups is 2. The molecule has 4 rings (SSSR count). The Morgan fingerprint density at radius 1 is 0.814 bits per heavy atom. The van der Waals surface area contributed by atoms with E-state index in [-0.39, 0.29) is 6.42 Å². The SMILES string of the molecule is CCCCCCCOc1ccc(-c2cnc(-c3ccc(CCC(=O)NC(C(=O)O)C(O)c4ccccc4)cc3)nc2)cc1. The quantitative estimate of drug-likeness (QED) is 0.131. The minimum atomic E-state index is -1.44. The number of carbonyl (C=O) groups excluding carboxylic acids is 1. The van der Waals surface area contributed by atoms with E-state index in [0.717, 1.165) is 41.0 Å². The van der Waals surface area contributed by atoms with E-state index in [1.165, 1.54) is 25.7 Å². The van der Waals surface area contributed by atoms with Crippen LogP contribution >= 0.6 is 0 Å². The second kappa shape index (κ2) is 16.2. The molecule has 1 aromatic heterocycles. The number of rotatable bonds is 16. The average molecular weight is 582 g/mol. The summed E-state index contributed by atoms with van der Waals surface area (Å²) < 4.78 is 5.86. The molecule has 0 saturated carbocycles. The number of nitrogens with zero attached hydrogens (tertiary/aromatic N) is 2. The van der Waals surface area contributed by atoms with Crippen LogP contribution in [0.2, 0.25) is 0 Å². The molecule has 0 fully saturated rings. The van der Waals surface area contributed by atoms with Crippen molar-refractivity contribution in [3.63, 3.8) is 0 Å². The van der Waals surface area contributed by atoms with E-state index in [1.807, 2.05) is 48.5 Å². The lowest BCUT2D eigenvalue weighted by atomic mass is 10.0. The van der Waals surface area contributed by atoms with Crippen LogP contribution < -0.4 is 10.1 Å². The zero-order chi connectivity index (χ0) is 30.4. The first kappa shape index (κ1) is 31.4. The summed E-state index contributed by atoms with van der Waals surface area (Å²) in [5, 5.41) is 22.4. The molecular weight excluding hydrogens is 542 g/mol. The van der Waals surface area contributed by atoms with Crippen LogP contribution in [0.25, 0.3) is 22.5 Å². The number of amides is 1. The van der Waals surface area contributed by atoms with Crippen molar-refractivity contribution in [2.75, 3.05) is 6.61 Å². The van der Waals surface area contributed by atoms with Gasteiger partial charge in [0, 0.05) is 29.9 Å². The minimum Gasteiger partial charge on any atom is -0.494 e. The summed E-state index contributed by atoms with van der Waals surface area (Å²) in [5.74, 6) is -0.293. The van der Waals surface area contributed by atoms with Crippen molar-refractivity contribution in [2.45, 2.75) is 64.0 Å². The van der Waals surface area contributed by atoms with E-state index < -0.39 is 24.0 Å². The maximum atomic E-state index is 12.5. The van der Waals surface area contributed by atoms with Gasteiger partial charge in [0.1, 0.15) is 11.9 Å². The number of aryl methyl sites for hydroxylation is 1. The zero-order valence-corrected chi connectivity index (χ0v) is 24.5. The van der Waals surface area contributed by atoms with Gasteiger partial charge in [-0.1, -0.05) is 99.3 Å². The van der Waals surface area contributed by atoms with Crippen molar-refractivity contribution in [1.29, 1.82) is 0 Å². The Hall–Kier alpha value is -4.56. The highest BCUT2D eigenvalue weighted by molar-refractivity contribution is 5.84. The third-order valence-electron chi connectivity index (χ3n) is 7.25. The molecule has 4 aromatic rings. The largest absolute Gasteiger partial charge is 0.494 e. The molecule has 0 bridgehead atoms. The van der Waals surface area contributed by atoms with Gasteiger partial charge in [-0.25, -0.2) is 14.8 Å². The normalized spacial score (nSPS) is 12.3. The first-order valence-corrected chi connectivity index (χ1v) is 14.8. The lowest BCUT2D eigenvalue weighted by Gasteiger charge is -2.20. The maximum Gasteiger partial charge on any atom is 0.329 e. The summed E-state index contributed by atoms with van der Waals surface area (Å²) in [6.07, 6.45) is 8.79. The van der Waals surface area contributed by atoms with Crippen LogP contribution in [0.1, 0.15) is 62.7 Å². The van der Waals surface area contributed by atoms with Gasteiger partial charge in [0.15, 0.2) is 11.9 Å². The summed E-state index contributed by atoms with van der Waals surface area (Å²) >= 11 is 0. The predicted octanol–water partition coefficient (Wildman–Crippen LogP) is 6.40. The number of aliphatic hydroxyl groups excluding tert-OH is 1. The second-order valence-electron chi connectivity index (χ2n) is 10.5. The third-order valence-corrected chi connectivity index (χ3v) is 7.25. The Kier molecular flexibility index (Phi) is 11.8. The first-order chi connectivity index (χ1) is 20.9. The number of hydrogen-bond acceptors (Lipinski definition) is 6. The van der Waals surface area contributed by atoms with Gasteiger partial charge in [-0.2, -0.15) is 0 Å². The van der Waals surface area contributed by atoms with Crippen LogP contribution in [-0.2, 0) is 16.0 Å². The van der Waals surface area contributed by atoms with Gasteiger partial charge in [0.05, 0.1) is 6.61 Å². The molecule has 1 heterocycles. The molecule has 0 aliphatic heterocycles. The number of benzene rings is 3. The van der Waals surface area contributed by atoms with E-state index in [9.17, 15) is 19.8 Å². The maximum absolute atomic E-state index is 12.5. The number of carboxylic acid groups (broad SMARTS) is 1. The standard InChI is InChI=1S/C35H39N3O5/c1-2-3-4-5-9-22-43-30-19-17-26(18-20-30)29-23-36-34(37-24-29)28-15-12-25(13-16-28)14-21-31(39)38-32(35(41)42)33(40)27-10-7-6-8-11-27/h6-8,10-13,15-20,23-24,32-33,40H,2-5,9,14,21-22H2,1H3,(H,38,39)(H,41,42). The van der Waals surface area contributed by atoms with Crippen molar-refractivity contribution >= 4 is 11.9 Å². The van der Waals surface area contributed by atoms with Gasteiger partial charge in [-0.15, -0.1) is 0 Å². The van der Waals surface area contributed by atoms with Crippen LogP contribution in [0.15, 0.2) is 91.3 Å². The van der Waals surface area contributed by atoms with E-state index in [1.54, 1.807) is 42.7 Å². The summed E-state index contributed by atoms with van der Waals surface area (Å²) in [5.41, 5.74) is 4.10. The molecule has 43 heavy (non-hydrogen) atoms. The van der Waals surface area contributed by atoms with Crippen molar-refractivity contribution in [1.82, 2.24) is 15.3 Å². The number of aliphatic hydroxyl groups is 1. The molecule has 0 saturated heterocycles. The summed E-state index contributed by atoms with van der Waals surface area (Å²) in [6, 6.07) is 22.5. The van der Waals surface area contributed by atoms with E-state index in [4.69, 9.17) is 4.74 Å². The third kappa shape index (κ3) is 9.48. The van der Waals surface area contributed by atoms with Gasteiger partial charge in [-0.3, -0.25) is 4.79 Å². The van der Waals surface area contributed by atoms with Crippen LogP contribution in [0.5, 0.6) is 5.75 Å². The number of nitrogens with one attached hydrogen (secondary N) is 1. The summed E-state index contributed by atoms with van der Waals surface area (Å²) in [7, 11) is 0. The van der Waals surface area contributed by atoms with Gasteiger partial charge in [0.25, 0.3) is 0 Å². The van der Waals surface area contributed by atoms with Crippen molar-refractivity contribution < 1.29 is 24.5 Å². The van der Waals surface area contributed by atoms with E-state index >= 15 is 0 Å². The zero-order valence-electron chi connectivity index (χ0n) is 24.5. The monoisotopic (exact) mass is 581 g/mol. The van der Waals surface area contributed by atoms with Gasteiger partial charge in [-0.05, 0) is 41.7 Å². The second-order valence-corrected chi connectivity index (χ2v) is 10.5. The van der Waals surface area contributed by atoms with Crippen LogP contribution in [0, 0.1) is 0 Å². The Balaban J connectivity index is 1.26. The predicted molar refractivity (Wildman–Crippen MR) is 166 cm³/mol. The van der Waals surface area contributed by atoms with Crippen molar-refractivity contribution in [2.24, 2.45) is 0 Å². The van der Waals surface area contributed by atoms with Gasteiger partial charge >= 0.3 is 5.97 Å². The number of ether oxygens (including phenoxy) is 1. The lowest BCUT2D eigenvalue weighted by molar-refractivity contribution is -0.145. The highest BCUT2D eigenvalue weighted by Crippen LogP contribution is 2.24. The molecule has 0 aliphatic rings.